The highest BCUT2D eigenvalue weighted by atomic mass is 79.9. The van der Waals surface area contributed by atoms with Crippen LogP contribution in [0.1, 0.15) is 56.9 Å². The van der Waals surface area contributed by atoms with Crippen LogP contribution in [0.2, 0.25) is 5.02 Å². The number of hydrogen-bond donors (Lipinski definition) is 1. The molecule has 0 unspecified atom stereocenters. The van der Waals surface area contributed by atoms with Crippen molar-refractivity contribution >= 4 is 50.5 Å². The fourth-order valence-electron chi connectivity index (χ4n) is 4.34. The van der Waals surface area contributed by atoms with Crippen LogP contribution < -0.4 is 5.32 Å². The van der Waals surface area contributed by atoms with E-state index in [9.17, 15) is 4.79 Å². The number of amides is 1. The lowest BCUT2D eigenvalue weighted by Crippen LogP contribution is -2.25. The minimum absolute atomic E-state index is 0.100. The summed E-state index contributed by atoms with van der Waals surface area (Å²) in [6.45, 7) is 6.30. The number of aromatic nitrogens is 4. The van der Waals surface area contributed by atoms with Crippen LogP contribution in [-0.2, 0) is 4.79 Å². The van der Waals surface area contributed by atoms with Crippen molar-refractivity contribution in [1.29, 1.82) is 0 Å². The summed E-state index contributed by atoms with van der Waals surface area (Å²) in [5.74, 6) is 13.1. The number of benzene rings is 1. The smallest absolute Gasteiger partial charge is 0.223 e. The highest BCUT2D eigenvalue weighted by Gasteiger charge is 2.32. The van der Waals surface area contributed by atoms with Crippen molar-refractivity contribution in [3.05, 3.63) is 92.1 Å². The Morgan fingerprint density at radius 2 is 1.90 bits per heavy atom. The molecular weight excluding hydrogens is 608 g/mol. The average molecular weight is 632 g/mol. The van der Waals surface area contributed by atoms with Gasteiger partial charge in [-0.2, -0.15) is 0 Å². The zero-order valence-corrected chi connectivity index (χ0v) is 25.2. The lowest BCUT2D eigenvalue weighted by Gasteiger charge is -2.12. The predicted molar refractivity (Wildman–Crippen MR) is 163 cm³/mol. The van der Waals surface area contributed by atoms with Gasteiger partial charge >= 0.3 is 0 Å². The van der Waals surface area contributed by atoms with Crippen molar-refractivity contribution in [2.24, 2.45) is 4.99 Å². The molecule has 0 radical (unpaired) electrons. The molecule has 4 aromatic rings. The number of pyridine rings is 1. The van der Waals surface area contributed by atoms with E-state index in [1.165, 1.54) is 4.88 Å². The standard InChI is InChI=1S/C30H24BrClN6OS/c1-18-19(2)40-30-27(18)28(22-9-11-23(32)12-10-22)35-25(29-37-36-20(3)38(29)30)16-26(39)33-15-5-7-24-13-8-21(17-34-24)6-4-14-31/h8-13,17,25H,14-16H2,1-3H3,(H,33,39)/t25-/m0/s1. The molecule has 7 nitrogen and oxygen atoms in total. The van der Waals surface area contributed by atoms with Gasteiger partial charge in [0.25, 0.3) is 0 Å². The summed E-state index contributed by atoms with van der Waals surface area (Å²) in [7, 11) is 0. The summed E-state index contributed by atoms with van der Waals surface area (Å²) in [6, 6.07) is 10.8. The summed E-state index contributed by atoms with van der Waals surface area (Å²) >= 11 is 11.1. The summed E-state index contributed by atoms with van der Waals surface area (Å²) < 4.78 is 2.03. The van der Waals surface area contributed by atoms with E-state index in [1.807, 2.05) is 47.9 Å². The van der Waals surface area contributed by atoms with Crippen molar-refractivity contribution in [2.45, 2.75) is 33.2 Å². The Morgan fingerprint density at radius 3 is 2.62 bits per heavy atom. The molecule has 0 saturated heterocycles. The maximum Gasteiger partial charge on any atom is 0.223 e. The highest BCUT2D eigenvalue weighted by Crippen LogP contribution is 2.39. The fraction of sp³-hybridized carbons (Fsp3) is 0.233. The van der Waals surface area contributed by atoms with Gasteiger partial charge in [-0.05, 0) is 56.5 Å². The van der Waals surface area contributed by atoms with Gasteiger partial charge in [0.1, 0.15) is 22.6 Å². The number of nitrogens with one attached hydrogen (secondary N) is 1. The number of carbonyl (C=O) groups is 1. The van der Waals surface area contributed by atoms with E-state index < -0.39 is 6.04 Å². The maximum absolute atomic E-state index is 13.1. The van der Waals surface area contributed by atoms with Crippen LogP contribution >= 0.6 is 38.9 Å². The van der Waals surface area contributed by atoms with Gasteiger partial charge in [-0.3, -0.25) is 14.4 Å². The Hall–Kier alpha value is -3.76. The minimum Gasteiger partial charge on any atom is -0.345 e. The van der Waals surface area contributed by atoms with Crippen molar-refractivity contribution in [1.82, 2.24) is 25.1 Å². The second kappa shape index (κ2) is 12.2. The molecule has 0 bridgehead atoms. The maximum atomic E-state index is 13.1. The number of hydrogen-bond acceptors (Lipinski definition) is 6. The van der Waals surface area contributed by atoms with Crippen molar-refractivity contribution in [3.63, 3.8) is 0 Å². The zero-order chi connectivity index (χ0) is 28.2. The van der Waals surface area contributed by atoms with E-state index in [2.05, 4.69) is 74.0 Å². The molecule has 1 N–H and O–H groups in total. The van der Waals surface area contributed by atoms with Gasteiger partial charge < -0.3 is 5.32 Å². The SMILES string of the molecule is Cc1sc2c(c1C)C(c1ccc(Cl)cc1)=N[C@@H](CC(=O)NCC#Cc1ccc(C#CCBr)cn1)c1nnc(C)n1-2. The predicted octanol–water partition coefficient (Wildman–Crippen LogP) is 5.50. The Morgan fingerprint density at radius 1 is 1.10 bits per heavy atom. The second-order valence-corrected chi connectivity index (χ2v) is 11.3. The Kier molecular flexibility index (Phi) is 8.46. The molecule has 10 heteroatoms. The molecule has 200 valence electrons. The third-order valence-electron chi connectivity index (χ3n) is 6.39. The number of alkyl halides is 1. The quantitative estimate of drug-likeness (QED) is 0.238. The van der Waals surface area contributed by atoms with Crippen molar-refractivity contribution in [2.75, 3.05) is 11.9 Å². The first kappa shape index (κ1) is 27.8. The molecular formula is C30H24BrClN6OS. The number of nitrogens with zero attached hydrogens (tertiary/aromatic N) is 5. The molecule has 40 heavy (non-hydrogen) atoms. The van der Waals surface area contributed by atoms with E-state index in [0.29, 0.717) is 21.9 Å². The van der Waals surface area contributed by atoms with Gasteiger partial charge in [-0.1, -0.05) is 57.4 Å². The fourth-order valence-corrected chi connectivity index (χ4v) is 5.82. The molecule has 3 aromatic heterocycles. The third-order valence-corrected chi connectivity index (χ3v) is 8.11. The molecule has 0 spiro atoms. The van der Waals surface area contributed by atoms with Crippen LogP contribution in [0, 0.1) is 44.5 Å². The number of fused-ring (bicyclic) bond motifs is 3. The summed E-state index contributed by atoms with van der Waals surface area (Å²) in [5, 5.41) is 13.9. The van der Waals surface area contributed by atoms with E-state index >= 15 is 0 Å². The first-order chi connectivity index (χ1) is 19.4. The van der Waals surface area contributed by atoms with Gasteiger partial charge in [0, 0.05) is 32.8 Å². The third kappa shape index (κ3) is 5.88. The number of aryl methyl sites for hydroxylation is 2. The second-order valence-electron chi connectivity index (χ2n) is 9.05. The molecule has 1 aromatic carbocycles. The van der Waals surface area contributed by atoms with Gasteiger partial charge in [0.05, 0.1) is 24.0 Å². The molecule has 1 aliphatic rings. The Labute approximate surface area is 250 Å². The number of thiophene rings is 1. The first-order valence-electron chi connectivity index (χ1n) is 12.5. The lowest BCUT2D eigenvalue weighted by atomic mass is 9.99. The topological polar surface area (TPSA) is 85.1 Å². The number of rotatable bonds is 4. The molecule has 1 atom stereocenters. The molecule has 0 fully saturated rings. The van der Waals surface area contributed by atoms with Crippen molar-refractivity contribution < 1.29 is 4.79 Å². The summed E-state index contributed by atoms with van der Waals surface area (Å²) in [5.41, 5.74) is 5.34. The van der Waals surface area contributed by atoms with Crippen molar-refractivity contribution in [3.8, 4) is 28.7 Å². The zero-order valence-electron chi connectivity index (χ0n) is 22.0. The first-order valence-corrected chi connectivity index (χ1v) is 14.8. The Bertz CT molecular complexity index is 1730. The normalized spacial score (nSPS) is 13.5. The molecule has 0 aliphatic carbocycles. The molecule has 4 heterocycles. The van der Waals surface area contributed by atoms with Gasteiger partial charge in [0.15, 0.2) is 5.82 Å². The van der Waals surface area contributed by atoms with Crippen LogP contribution in [0.5, 0.6) is 0 Å². The molecule has 0 saturated carbocycles. The number of carbonyl (C=O) groups excluding carboxylic acids is 1. The van der Waals surface area contributed by atoms with Crippen LogP contribution in [0.25, 0.3) is 5.00 Å². The summed E-state index contributed by atoms with van der Waals surface area (Å²) in [6.07, 6.45) is 1.78. The van der Waals surface area contributed by atoms with E-state index in [-0.39, 0.29) is 18.9 Å². The van der Waals surface area contributed by atoms with E-state index in [4.69, 9.17) is 16.6 Å². The van der Waals surface area contributed by atoms with Crippen LogP contribution in [-0.4, -0.2) is 43.2 Å². The van der Waals surface area contributed by atoms with Gasteiger partial charge in [-0.25, -0.2) is 4.98 Å². The minimum atomic E-state index is -0.533. The van der Waals surface area contributed by atoms with E-state index in [1.54, 1.807) is 17.5 Å². The largest absolute Gasteiger partial charge is 0.345 e. The van der Waals surface area contributed by atoms with Crippen LogP contribution in [0.15, 0.2) is 47.6 Å². The number of halogens is 2. The van der Waals surface area contributed by atoms with Crippen LogP contribution in [0.3, 0.4) is 0 Å². The highest BCUT2D eigenvalue weighted by molar-refractivity contribution is 9.09. The average Bonchev–Trinajstić information content (AvgIpc) is 3.43. The molecule has 1 amide bonds. The Balaban J connectivity index is 1.39. The number of aliphatic imine (C=N–C) groups is 1. The lowest BCUT2D eigenvalue weighted by molar-refractivity contribution is -0.121. The molecule has 1 aliphatic heterocycles. The van der Waals surface area contributed by atoms with Gasteiger partial charge in [0.2, 0.25) is 5.91 Å². The van der Waals surface area contributed by atoms with E-state index in [0.717, 1.165) is 38.8 Å². The van der Waals surface area contributed by atoms with Crippen LogP contribution in [0.4, 0.5) is 0 Å². The summed E-state index contributed by atoms with van der Waals surface area (Å²) in [4.78, 5) is 23.7. The van der Waals surface area contributed by atoms with Gasteiger partial charge in [-0.15, -0.1) is 21.5 Å². The monoisotopic (exact) mass is 630 g/mol. The molecule has 5 rings (SSSR count).